The molecule has 0 saturated heterocycles. The number of carbonyl (C=O) groups is 2. The summed E-state index contributed by atoms with van der Waals surface area (Å²) in [6.45, 7) is 3.38. The van der Waals surface area contributed by atoms with Gasteiger partial charge in [0.05, 0.1) is 20.6 Å². The number of rotatable bonds is 6. The van der Waals surface area contributed by atoms with Crippen molar-refractivity contribution in [3.8, 4) is 11.5 Å². The van der Waals surface area contributed by atoms with Crippen molar-refractivity contribution in [1.29, 1.82) is 0 Å². The summed E-state index contributed by atoms with van der Waals surface area (Å²) in [5.74, 6) is 1.00. The highest BCUT2D eigenvalue weighted by molar-refractivity contribution is 5.98. The Morgan fingerprint density at radius 1 is 1.00 bits per heavy atom. The Kier molecular flexibility index (Phi) is 5.58. The number of benzene rings is 2. The molecule has 0 saturated carbocycles. The summed E-state index contributed by atoms with van der Waals surface area (Å²) >= 11 is 0. The van der Waals surface area contributed by atoms with E-state index >= 15 is 0 Å². The smallest absolute Gasteiger partial charge is 0.228 e. The maximum atomic E-state index is 12.3. The molecule has 0 aromatic heterocycles. The number of aryl methyl sites for hydroxylation is 1. The Hall–Kier alpha value is -2.82. The van der Waals surface area contributed by atoms with Crippen LogP contribution in [0.2, 0.25) is 0 Å². The molecule has 5 nitrogen and oxygen atoms in total. The zero-order chi connectivity index (χ0) is 17.7. The predicted molar refractivity (Wildman–Crippen MR) is 93.1 cm³/mol. The van der Waals surface area contributed by atoms with Gasteiger partial charge in [-0.2, -0.15) is 0 Å². The van der Waals surface area contributed by atoms with E-state index in [1.165, 1.54) is 6.92 Å². The van der Waals surface area contributed by atoms with Crippen LogP contribution in [0.25, 0.3) is 0 Å². The number of anilines is 1. The fourth-order valence-electron chi connectivity index (χ4n) is 2.35. The first kappa shape index (κ1) is 17.5. The number of ketones is 1. The van der Waals surface area contributed by atoms with Gasteiger partial charge in [-0.3, -0.25) is 9.59 Å². The second-order valence-electron chi connectivity index (χ2n) is 5.50. The normalized spacial score (nSPS) is 10.2. The molecular formula is C19H21NO4. The van der Waals surface area contributed by atoms with E-state index in [1.807, 2.05) is 19.1 Å². The molecule has 0 fully saturated rings. The molecule has 1 N–H and O–H groups in total. The molecule has 0 bridgehead atoms. The first-order chi connectivity index (χ1) is 11.4. The molecule has 0 radical (unpaired) electrons. The largest absolute Gasteiger partial charge is 0.493 e. The van der Waals surface area contributed by atoms with E-state index in [4.69, 9.17) is 9.47 Å². The lowest BCUT2D eigenvalue weighted by molar-refractivity contribution is -0.115. The summed E-state index contributed by atoms with van der Waals surface area (Å²) < 4.78 is 10.4. The minimum absolute atomic E-state index is 0.0367. The maximum Gasteiger partial charge on any atom is 0.228 e. The summed E-state index contributed by atoms with van der Waals surface area (Å²) in [6, 6.07) is 10.6. The van der Waals surface area contributed by atoms with Gasteiger partial charge in [-0.25, -0.2) is 0 Å². The Labute approximate surface area is 141 Å². The van der Waals surface area contributed by atoms with Crippen LogP contribution in [0.5, 0.6) is 11.5 Å². The monoisotopic (exact) mass is 327 g/mol. The fourth-order valence-corrected chi connectivity index (χ4v) is 2.35. The van der Waals surface area contributed by atoms with Crippen molar-refractivity contribution in [2.24, 2.45) is 0 Å². The highest BCUT2D eigenvalue weighted by Gasteiger charge is 2.11. The van der Waals surface area contributed by atoms with Gasteiger partial charge < -0.3 is 14.8 Å². The number of ether oxygens (including phenoxy) is 2. The predicted octanol–water partition coefficient (Wildman–Crippen LogP) is 3.40. The van der Waals surface area contributed by atoms with Crippen LogP contribution < -0.4 is 14.8 Å². The lowest BCUT2D eigenvalue weighted by Gasteiger charge is -2.11. The summed E-state index contributed by atoms with van der Waals surface area (Å²) in [4.78, 5) is 23.8. The third-order valence-corrected chi connectivity index (χ3v) is 3.73. The molecule has 24 heavy (non-hydrogen) atoms. The molecule has 0 aliphatic heterocycles. The average molecular weight is 327 g/mol. The summed E-state index contributed by atoms with van der Waals surface area (Å²) in [5.41, 5.74) is 2.93. The Morgan fingerprint density at radius 2 is 1.71 bits per heavy atom. The summed E-state index contributed by atoms with van der Waals surface area (Å²) in [6.07, 6.45) is 0.199. The summed E-state index contributed by atoms with van der Waals surface area (Å²) in [5, 5.41) is 2.86. The number of hydrogen-bond acceptors (Lipinski definition) is 4. The van der Waals surface area contributed by atoms with Gasteiger partial charge in [0, 0.05) is 11.3 Å². The number of nitrogens with one attached hydrogen (secondary N) is 1. The molecular weight excluding hydrogens is 306 g/mol. The minimum Gasteiger partial charge on any atom is -0.493 e. The molecule has 1 amide bonds. The van der Waals surface area contributed by atoms with E-state index in [0.717, 1.165) is 11.1 Å². The molecule has 126 valence electrons. The highest BCUT2D eigenvalue weighted by Crippen LogP contribution is 2.28. The molecule has 0 spiro atoms. The van der Waals surface area contributed by atoms with E-state index in [-0.39, 0.29) is 18.1 Å². The molecule has 0 unspecified atom stereocenters. The third kappa shape index (κ3) is 4.13. The molecule has 0 heterocycles. The van der Waals surface area contributed by atoms with Crippen molar-refractivity contribution in [1.82, 2.24) is 0 Å². The van der Waals surface area contributed by atoms with Gasteiger partial charge in [0.15, 0.2) is 17.3 Å². The molecule has 0 aliphatic carbocycles. The van der Waals surface area contributed by atoms with E-state index in [9.17, 15) is 9.59 Å². The fraction of sp³-hybridized carbons (Fsp3) is 0.263. The molecule has 5 heteroatoms. The molecule has 2 aromatic carbocycles. The Bertz CT molecular complexity index is 768. The van der Waals surface area contributed by atoms with Crippen LogP contribution in [0.1, 0.15) is 28.4 Å². The number of methoxy groups -OCH3 is 2. The Balaban J connectivity index is 2.14. The van der Waals surface area contributed by atoms with Crippen molar-refractivity contribution in [2.45, 2.75) is 20.3 Å². The van der Waals surface area contributed by atoms with Gasteiger partial charge in [-0.15, -0.1) is 0 Å². The first-order valence-corrected chi connectivity index (χ1v) is 7.57. The second-order valence-corrected chi connectivity index (χ2v) is 5.50. The topological polar surface area (TPSA) is 64.6 Å². The van der Waals surface area contributed by atoms with Crippen molar-refractivity contribution >= 4 is 17.4 Å². The number of hydrogen-bond donors (Lipinski definition) is 1. The van der Waals surface area contributed by atoms with E-state index in [0.29, 0.717) is 22.7 Å². The Morgan fingerprint density at radius 3 is 2.33 bits per heavy atom. The minimum atomic E-state index is -0.161. The third-order valence-electron chi connectivity index (χ3n) is 3.73. The van der Waals surface area contributed by atoms with Crippen LogP contribution in [0.3, 0.4) is 0 Å². The standard InChI is InChI=1S/C19H21NO4/c1-12-5-7-15(13(2)21)11-16(12)20-19(22)10-14-6-8-17(23-3)18(9-14)24-4/h5-9,11H,10H2,1-4H3,(H,20,22). The second kappa shape index (κ2) is 7.64. The van der Waals surface area contributed by atoms with Gasteiger partial charge in [0.25, 0.3) is 0 Å². The zero-order valence-electron chi connectivity index (χ0n) is 14.3. The van der Waals surface area contributed by atoms with Gasteiger partial charge >= 0.3 is 0 Å². The van der Waals surface area contributed by atoms with E-state index in [1.54, 1.807) is 38.5 Å². The number of carbonyl (C=O) groups excluding carboxylic acids is 2. The quantitative estimate of drug-likeness (QED) is 0.826. The molecule has 2 rings (SSSR count). The molecule has 0 aliphatic rings. The van der Waals surface area contributed by atoms with Crippen molar-refractivity contribution in [3.05, 3.63) is 53.1 Å². The van der Waals surface area contributed by atoms with Crippen LogP contribution in [0.15, 0.2) is 36.4 Å². The van der Waals surface area contributed by atoms with Crippen LogP contribution in [-0.4, -0.2) is 25.9 Å². The molecule has 0 atom stereocenters. The van der Waals surface area contributed by atoms with Crippen molar-refractivity contribution < 1.29 is 19.1 Å². The maximum absolute atomic E-state index is 12.3. The van der Waals surface area contributed by atoms with Gasteiger partial charge in [0.2, 0.25) is 5.91 Å². The zero-order valence-corrected chi connectivity index (χ0v) is 14.3. The van der Waals surface area contributed by atoms with E-state index < -0.39 is 0 Å². The SMILES string of the molecule is COc1ccc(CC(=O)Nc2cc(C(C)=O)ccc2C)cc1OC. The van der Waals surface area contributed by atoms with Crippen LogP contribution in [0, 0.1) is 6.92 Å². The van der Waals surface area contributed by atoms with Gasteiger partial charge in [-0.1, -0.05) is 18.2 Å². The van der Waals surface area contributed by atoms with Crippen LogP contribution in [0.4, 0.5) is 5.69 Å². The average Bonchev–Trinajstić information content (AvgIpc) is 2.56. The van der Waals surface area contributed by atoms with E-state index in [2.05, 4.69) is 5.32 Å². The lowest BCUT2D eigenvalue weighted by Crippen LogP contribution is -2.15. The van der Waals surface area contributed by atoms with Gasteiger partial charge in [-0.05, 0) is 43.2 Å². The van der Waals surface area contributed by atoms with Gasteiger partial charge in [0.1, 0.15) is 0 Å². The highest BCUT2D eigenvalue weighted by atomic mass is 16.5. The van der Waals surface area contributed by atoms with Crippen molar-refractivity contribution in [2.75, 3.05) is 19.5 Å². The molecule has 2 aromatic rings. The number of Topliss-reactive ketones (excluding diaryl/α,β-unsaturated/α-hetero) is 1. The number of amides is 1. The summed E-state index contributed by atoms with van der Waals surface area (Å²) in [7, 11) is 3.12. The van der Waals surface area contributed by atoms with Crippen LogP contribution >= 0.6 is 0 Å². The first-order valence-electron chi connectivity index (χ1n) is 7.57. The lowest BCUT2D eigenvalue weighted by atomic mass is 10.1. The van der Waals surface area contributed by atoms with Crippen LogP contribution in [-0.2, 0) is 11.2 Å². The van der Waals surface area contributed by atoms with Crippen molar-refractivity contribution in [3.63, 3.8) is 0 Å².